The predicted molar refractivity (Wildman–Crippen MR) is 106 cm³/mol. The topological polar surface area (TPSA) is 59.2 Å². The fourth-order valence-corrected chi connectivity index (χ4v) is 3.93. The van der Waals surface area contributed by atoms with E-state index in [0.717, 1.165) is 29.3 Å². The van der Waals surface area contributed by atoms with Crippen molar-refractivity contribution in [2.45, 2.75) is 57.6 Å². The number of rotatable bonds is 7. The Morgan fingerprint density at radius 3 is 2.54 bits per heavy atom. The summed E-state index contributed by atoms with van der Waals surface area (Å²) in [5.41, 5.74) is 2.24. The second kappa shape index (κ2) is 8.08. The number of amides is 1. The average Bonchev–Trinajstić information content (AvgIpc) is 3.05. The van der Waals surface area contributed by atoms with E-state index in [-0.39, 0.29) is 18.0 Å². The number of benzene rings is 1. The van der Waals surface area contributed by atoms with E-state index in [1.807, 2.05) is 29.2 Å². The number of para-hydroxylation sites is 1. The molecule has 3 aromatic rings. The minimum Gasteiger partial charge on any atom is -0.451 e. The predicted octanol–water partition coefficient (Wildman–Crippen LogP) is 4.89. The Morgan fingerprint density at radius 2 is 1.85 bits per heavy atom. The Labute approximate surface area is 158 Å². The van der Waals surface area contributed by atoms with Crippen LogP contribution in [-0.4, -0.2) is 38.6 Å². The molecule has 0 aliphatic rings. The van der Waals surface area contributed by atoms with Crippen LogP contribution in [0.1, 0.15) is 40.5 Å². The van der Waals surface area contributed by atoms with E-state index >= 15 is 0 Å². The highest BCUT2D eigenvalue weighted by molar-refractivity contribution is 8.00. The third-order valence-electron chi connectivity index (χ3n) is 4.88. The summed E-state index contributed by atoms with van der Waals surface area (Å²) in [5.74, 6) is 0.485. The molecule has 2 heterocycles. The van der Waals surface area contributed by atoms with Crippen molar-refractivity contribution in [1.29, 1.82) is 0 Å². The van der Waals surface area contributed by atoms with Crippen LogP contribution in [0.3, 0.4) is 0 Å². The largest absolute Gasteiger partial charge is 0.451 e. The highest BCUT2D eigenvalue weighted by atomic mass is 32.2. The molecule has 0 bridgehead atoms. The second-order valence-electron chi connectivity index (χ2n) is 6.56. The Balaban J connectivity index is 1.84. The molecule has 2 atom stereocenters. The Hall–Kier alpha value is -2.08. The zero-order valence-corrected chi connectivity index (χ0v) is 16.5. The Kier molecular flexibility index (Phi) is 5.81. The lowest BCUT2D eigenvalue weighted by molar-refractivity contribution is -0.132. The van der Waals surface area contributed by atoms with Crippen molar-refractivity contribution in [3.8, 4) is 0 Å². The summed E-state index contributed by atoms with van der Waals surface area (Å²) in [7, 11) is 0. The first-order valence-corrected chi connectivity index (χ1v) is 10.1. The highest BCUT2D eigenvalue weighted by Crippen LogP contribution is 2.32. The van der Waals surface area contributed by atoms with E-state index in [1.165, 1.54) is 18.1 Å². The zero-order chi connectivity index (χ0) is 18.7. The summed E-state index contributed by atoms with van der Waals surface area (Å²) in [6, 6.07) is 8.27. The minimum atomic E-state index is 0.140. The van der Waals surface area contributed by atoms with Gasteiger partial charge in [-0.1, -0.05) is 37.7 Å². The van der Waals surface area contributed by atoms with Crippen LogP contribution < -0.4 is 0 Å². The van der Waals surface area contributed by atoms with Gasteiger partial charge in [0.15, 0.2) is 5.58 Å². The van der Waals surface area contributed by atoms with Crippen LogP contribution in [0, 0.1) is 0 Å². The first kappa shape index (κ1) is 18.7. The summed E-state index contributed by atoms with van der Waals surface area (Å²) < 4.78 is 5.94. The molecule has 1 aromatic carbocycles. The molecule has 0 unspecified atom stereocenters. The fourth-order valence-electron chi connectivity index (χ4n) is 3.13. The second-order valence-corrected chi connectivity index (χ2v) is 7.52. The van der Waals surface area contributed by atoms with Crippen LogP contribution in [0.15, 0.2) is 40.0 Å². The number of hydrogen-bond donors (Lipinski definition) is 0. The molecule has 0 spiro atoms. The van der Waals surface area contributed by atoms with Gasteiger partial charge in [0, 0.05) is 17.5 Å². The van der Waals surface area contributed by atoms with Crippen LogP contribution in [0.5, 0.6) is 0 Å². The molecule has 0 fully saturated rings. The number of aromatic nitrogens is 2. The molecule has 1 amide bonds. The third-order valence-corrected chi connectivity index (χ3v) is 5.83. The number of nitrogens with zero attached hydrogens (tertiary/aromatic N) is 3. The number of furan rings is 1. The van der Waals surface area contributed by atoms with Gasteiger partial charge < -0.3 is 9.32 Å². The van der Waals surface area contributed by atoms with Crippen molar-refractivity contribution >= 4 is 39.7 Å². The summed E-state index contributed by atoms with van der Waals surface area (Å²) in [4.78, 5) is 23.6. The van der Waals surface area contributed by atoms with Crippen LogP contribution in [0.2, 0.25) is 0 Å². The molecule has 0 radical (unpaired) electrons. The molecule has 0 saturated heterocycles. The lowest BCUT2D eigenvalue weighted by Gasteiger charge is -2.34. The molecule has 2 aromatic heterocycles. The number of fused-ring (bicyclic) bond motifs is 3. The molecular formula is C20H25N3O2S. The van der Waals surface area contributed by atoms with Gasteiger partial charge in [-0.05, 0) is 38.8 Å². The molecule has 5 nitrogen and oxygen atoms in total. The smallest absolute Gasteiger partial charge is 0.233 e. The quantitative estimate of drug-likeness (QED) is 0.437. The molecule has 0 aliphatic heterocycles. The minimum absolute atomic E-state index is 0.140. The van der Waals surface area contributed by atoms with E-state index in [0.29, 0.717) is 16.4 Å². The van der Waals surface area contributed by atoms with Gasteiger partial charge in [-0.3, -0.25) is 4.79 Å². The van der Waals surface area contributed by atoms with Gasteiger partial charge in [0.05, 0.1) is 5.75 Å². The summed E-state index contributed by atoms with van der Waals surface area (Å²) >= 11 is 1.42. The Morgan fingerprint density at radius 1 is 1.15 bits per heavy atom. The van der Waals surface area contributed by atoms with Crippen molar-refractivity contribution in [1.82, 2.24) is 14.9 Å². The van der Waals surface area contributed by atoms with Crippen LogP contribution in [0.4, 0.5) is 0 Å². The van der Waals surface area contributed by atoms with Gasteiger partial charge in [-0.15, -0.1) is 0 Å². The first-order chi connectivity index (χ1) is 12.6. The Bertz CT molecular complexity index is 898. The number of thioether (sulfide) groups is 1. The van der Waals surface area contributed by atoms with Crippen molar-refractivity contribution in [2.75, 3.05) is 5.75 Å². The van der Waals surface area contributed by atoms with Gasteiger partial charge in [0.1, 0.15) is 22.5 Å². The van der Waals surface area contributed by atoms with Gasteiger partial charge in [0.25, 0.3) is 0 Å². The van der Waals surface area contributed by atoms with Crippen molar-refractivity contribution in [2.24, 2.45) is 0 Å². The summed E-state index contributed by atoms with van der Waals surface area (Å²) in [6.07, 6.45) is 3.43. The number of carbonyl (C=O) groups is 1. The van der Waals surface area contributed by atoms with Crippen molar-refractivity contribution in [3.05, 3.63) is 30.6 Å². The lowest BCUT2D eigenvalue weighted by Crippen LogP contribution is -2.45. The van der Waals surface area contributed by atoms with E-state index < -0.39 is 0 Å². The van der Waals surface area contributed by atoms with Gasteiger partial charge in [-0.25, -0.2) is 9.97 Å². The van der Waals surface area contributed by atoms with E-state index in [2.05, 4.69) is 37.7 Å². The molecule has 6 heteroatoms. The number of carbonyl (C=O) groups excluding carboxylic acids is 1. The maximum Gasteiger partial charge on any atom is 0.233 e. The monoisotopic (exact) mass is 371 g/mol. The van der Waals surface area contributed by atoms with Gasteiger partial charge in [0.2, 0.25) is 5.91 Å². The van der Waals surface area contributed by atoms with Gasteiger partial charge >= 0.3 is 0 Å². The molecule has 138 valence electrons. The van der Waals surface area contributed by atoms with Crippen LogP contribution in [-0.2, 0) is 4.79 Å². The van der Waals surface area contributed by atoms with Crippen molar-refractivity contribution in [3.63, 3.8) is 0 Å². The first-order valence-electron chi connectivity index (χ1n) is 9.13. The maximum absolute atomic E-state index is 12.9. The van der Waals surface area contributed by atoms with E-state index in [9.17, 15) is 4.79 Å². The van der Waals surface area contributed by atoms with E-state index in [1.54, 1.807) is 0 Å². The lowest BCUT2D eigenvalue weighted by atomic mass is 10.1. The summed E-state index contributed by atoms with van der Waals surface area (Å²) in [6.45, 7) is 8.44. The molecule has 0 saturated carbocycles. The normalized spacial score (nSPS) is 13.8. The molecule has 26 heavy (non-hydrogen) atoms. The molecule has 0 aliphatic carbocycles. The summed E-state index contributed by atoms with van der Waals surface area (Å²) in [5, 5.41) is 1.69. The van der Waals surface area contributed by atoms with Crippen LogP contribution >= 0.6 is 11.8 Å². The molecule has 0 N–H and O–H groups in total. The molecular weight excluding hydrogens is 346 g/mol. The highest BCUT2D eigenvalue weighted by Gasteiger charge is 2.24. The SMILES string of the molecule is CC[C@H](C)N(C(=O)CSc1ncnc2c1oc1ccccc12)[C@@H](C)CC. The average molecular weight is 372 g/mol. The zero-order valence-electron chi connectivity index (χ0n) is 15.7. The third kappa shape index (κ3) is 3.56. The molecule has 3 rings (SSSR count). The number of hydrogen-bond acceptors (Lipinski definition) is 5. The van der Waals surface area contributed by atoms with E-state index in [4.69, 9.17) is 4.42 Å². The standard InChI is InChI=1S/C20H25N3O2S/c1-5-13(3)23(14(4)6-2)17(24)11-26-20-19-18(21-12-22-20)15-9-7-8-10-16(15)25-19/h7-10,12-14H,5-6,11H2,1-4H3/t13-,14-/m0/s1. The van der Waals surface area contributed by atoms with Gasteiger partial charge in [-0.2, -0.15) is 0 Å². The van der Waals surface area contributed by atoms with Crippen LogP contribution in [0.25, 0.3) is 22.1 Å². The van der Waals surface area contributed by atoms with Crippen molar-refractivity contribution < 1.29 is 9.21 Å². The maximum atomic E-state index is 12.9. The fraction of sp³-hybridized carbons (Fsp3) is 0.450.